The van der Waals surface area contributed by atoms with Crippen LogP contribution in [0, 0.1) is 0 Å². The van der Waals surface area contributed by atoms with Crippen LogP contribution in [0.4, 0.5) is 0 Å². The second-order valence-electron chi connectivity index (χ2n) is 4.92. The number of hydrogen-bond donors (Lipinski definition) is 1. The Hall–Kier alpha value is -2.33. The SMILES string of the molecule is O=C(O)c1c2c(nc3ccccc13)-c1ccccc1SC2. The molecule has 0 amide bonds. The molecule has 4 heteroatoms. The lowest BCUT2D eigenvalue weighted by Crippen LogP contribution is -2.09. The van der Waals surface area contributed by atoms with Gasteiger partial charge in [0.15, 0.2) is 0 Å². The van der Waals surface area contributed by atoms with E-state index in [1.54, 1.807) is 11.8 Å². The van der Waals surface area contributed by atoms with Gasteiger partial charge in [-0.1, -0.05) is 36.4 Å². The highest BCUT2D eigenvalue weighted by Gasteiger charge is 2.25. The number of aromatic nitrogens is 1. The van der Waals surface area contributed by atoms with E-state index in [1.807, 2.05) is 42.5 Å². The third kappa shape index (κ3) is 1.83. The zero-order chi connectivity index (χ0) is 14.4. The van der Waals surface area contributed by atoms with E-state index >= 15 is 0 Å². The van der Waals surface area contributed by atoms with Crippen molar-refractivity contribution in [3.63, 3.8) is 0 Å². The van der Waals surface area contributed by atoms with Gasteiger partial charge in [0.2, 0.25) is 0 Å². The summed E-state index contributed by atoms with van der Waals surface area (Å²) < 4.78 is 0. The fourth-order valence-corrected chi connectivity index (χ4v) is 3.87. The molecular weight excluding hydrogens is 282 g/mol. The Morgan fingerprint density at radius 3 is 2.71 bits per heavy atom. The highest BCUT2D eigenvalue weighted by Crippen LogP contribution is 2.43. The molecule has 2 heterocycles. The maximum absolute atomic E-state index is 11.8. The van der Waals surface area contributed by atoms with Gasteiger partial charge in [-0.25, -0.2) is 9.78 Å². The van der Waals surface area contributed by atoms with Crippen LogP contribution in [0.15, 0.2) is 53.4 Å². The summed E-state index contributed by atoms with van der Waals surface area (Å²) in [5.41, 5.74) is 3.77. The first-order valence-electron chi connectivity index (χ1n) is 6.63. The minimum Gasteiger partial charge on any atom is -0.478 e. The molecular formula is C17H11NO2S. The monoisotopic (exact) mass is 293 g/mol. The number of carbonyl (C=O) groups is 1. The number of aromatic carboxylic acids is 1. The van der Waals surface area contributed by atoms with Crippen molar-refractivity contribution < 1.29 is 9.90 Å². The quantitative estimate of drug-likeness (QED) is 0.730. The Morgan fingerprint density at radius 1 is 1.10 bits per heavy atom. The van der Waals surface area contributed by atoms with Crippen molar-refractivity contribution in [1.29, 1.82) is 0 Å². The largest absolute Gasteiger partial charge is 0.478 e. The average molecular weight is 293 g/mol. The number of carboxylic acid groups (broad SMARTS) is 1. The van der Waals surface area contributed by atoms with Crippen LogP contribution in [-0.4, -0.2) is 16.1 Å². The molecule has 1 aromatic heterocycles. The molecule has 102 valence electrons. The van der Waals surface area contributed by atoms with E-state index in [4.69, 9.17) is 4.98 Å². The fourth-order valence-electron chi connectivity index (χ4n) is 2.80. The van der Waals surface area contributed by atoms with Crippen LogP contribution in [-0.2, 0) is 5.75 Å². The number of fused-ring (bicyclic) bond motifs is 4. The number of benzene rings is 2. The van der Waals surface area contributed by atoms with Crippen LogP contribution in [0.25, 0.3) is 22.2 Å². The molecule has 4 rings (SSSR count). The number of carboxylic acids is 1. The number of hydrogen-bond acceptors (Lipinski definition) is 3. The van der Waals surface area contributed by atoms with Gasteiger partial charge < -0.3 is 5.11 Å². The Labute approximate surface area is 125 Å². The van der Waals surface area contributed by atoms with Gasteiger partial charge in [0.05, 0.1) is 16.8 Å². The van der Waals surface area contributed by atoms with Crippen LogP contribution < -0.4 is 0 Å². The molecule has 0 fully saturated rings. The molecule has 1 aliphatic heterocycles. The number of rotatable bonds is 1. The van der Waals surface area contributed by atoms with E-state index < -0.39 is 5.97 Å². The summed E-state index contributed by atoms with van der Waals surface area (Å²) in [7, 11) is 0. The number of para-hydroxylation sites is 1. The molecule has 1 aliphatic rings. The summed E-state index contributed by atoms with van der Waals surface area (Å²) in [6.45, 7) is 0. The van der Waals surface area contributed by atoms with Crippen LogP contribution in [0.5, 0.6) is 0 Å². The fraction of sp³-hybridized carbons (Fsp3) is 0.0588. The van der Waals surface area contributed by atoms with Gasteiger partial charge in [0, 0.05) is 27.2 Å². The zero-order valence-electron chi connectivity index (χ0n) is 11.0. The van der Waals surface area contributed by atoms with E-state index in [9.17, 15) is 9.90 Å². The first-order chi connectivity index (χ1) is 10.3. The van der Waals surface area contributed by atoms with E-state index in [0.717, 1.165) is 27.2 Å². The van der Waals surface area contributed by atoms with Crippen LogP contribution in [0.1, 0.15) is 15.9 Å². The first kappa shape index (κ1) is 12.4. The standard InChI is InChI=1S/C17H11NO2S/c19-17(20)15-10-5-1-3-7-13(10)18-16-11-6-2-4-8-14(11)21-9-12(15)16/h1-8H,9H2,(H,19,20). The summed E-state index contributed by atoms with van der Waals surface area (Å²) in [4.78, 5) is 17.6. The lowest BCUT2D eigenvalue weighted by Gasteiger charge is -2.21. The summed E-state index contributed by atoms with van der Waals surface area (Å²) in [5.74, 6) is -0.240. The third-order valence-electron chi connectivity index (χ3n) is 3.72. The Morgan fingerprint density at radius 2 is 1.86 bits per heavy atom. The molecule has 3 aromatic rings. The van der Waals surface area contributed by atoms with E-state index in [0.29, 0.717) is 16.7 Å². The third-order valence-corrected chi connectivity index (χ3v) is 4.82. The second kappa shape index (κ2) is 4.60. The van der Waals surface area contributed by atoms with Gasteiger partial charge in [-0.15, -0.1) is 11.8 Å². The smallest absolute Gasteiger partial charge is 0.336 e. The molecule has 21 heavy (non-hydrogen) atoms. The van der Waals surface area contributed by atoms with Crippen molar-refractivity contribution in [3.05, 3.63) is 59.7 Å². The summed E-state index contributed by atoms with van der Waals surface area (Å²) in [6, 6.07) is 15.5. The topological polar surface area (TPSA) is 50.2 Å². The van der Waals surface area contributed by atoms with Gasteiger partial charge in [-0.05, 0) is 12.1 Å². The molecule has 0 saturated carbocycles. The summed E-state index contributed by atoms with van der Waals surface area (Å²) >= 11 is 1.67. The maximum Gasteiger partial charge on any atom is 0.336 e. The van der Waals surface area contributed by atoms with Crippen molar-refractivity contribution in [2.24, 2.45) is 0 Å². The molecule has 0 spiro atoms. The number of thioether (sulfide) groups is 1. The van der Waals surface area contributed by atoms with E-state index in [2.05, 4.69) is 6.07 Å². The van der Waals surface area contributed by atoms with Crippen LogP contribution in [0.3, 0.4) is 0 Å². The van der Waals surface area contributed by atoms with Crippen LogP contribution in [0.2, 0.25) is 0 Å². The van der Waals surface area contributed by atoms with Crippen LogP contribution >= 0.6 is 11.8 Å². The summed E-state index contributed by atoms with van der Waals surface area (Å²) in [5, 5.41) is 10.4. The van der Waals surface area contributed by atoms with Crippen molar-refractivity contribution in [3.8, 4) is 11.3 Å². The number of pyridine rings is 1. The van der Waals surface area contributed by atoms with Crippen molar-refractivity contribution in [1.82, 2.24) is 4.98 Å². The number of nitrogens with zero attached hydrogens (tertiary/aromatic N) is 1. The predicted octanol–water partition coefficient (Wildman–Crippen LogP) is 4.21. The first-order valence-corrected chi connectivity index (χ1v) is 7.61. The molecule has 3 nitrogen and oxygen atoms in total. The lowest BCUT2D eigenvalue weighted by molar-refractivity contribution is 0.0698. The van der Waals surface area contributed by atoms with E-state index in [-0.39, 0.29) is 0 Å². The molecule has 1 N–H and O–H groups in total. The minimum atomic E-state index is -0.884. The van der Waals surface area contributed by atoms with Gasteiger partial charge >= 0.3 is 5.97 Å². The van der Waals surface area contributed by atoms with Crippen molar-refractivity contribution in [2.45, 2.75) is 10.6 Å². The predicted molar refractivity (Wildman–Crippen MR) is 83.7 cm³/mol. The van der Waals surface area contributed by atoms with Gasteiger partial charge in [-0.3, -0.25) is 0 Å². The normalized spacial score (nSPS) is 12.8. The molecule has 0 atom stereocenters. The molecule has 0 radical (unpaired) electrons. The summed E-state index contributed by atoms with van der Waals surface area (Å²) in [6.07, 6.45) is 0. The Bertz CT molecular complexity index is 889. The maximum atomic E-state index is 11.8. The highest BCUT2D eigenvalue weighted by molar-refractivity contribution is 7.98. The Kier molecular flexibility index (Phi) is 2.72. The lowest BCUT2D eigenvalue weighted by atomic mass is 9.97. The molecule has 0 unspecified atom stereocenters. The Balaban J connectivity index is 2.15. The average Bonchev–Trinajstić information content (AvgIpc) is 2.52. The molecule has 2 aromatic carbocycles. The van der Waals surface area contributed by atoms with Gasteiger partial charge in [0.1, 0.15) is 0 Å². The molecule has 0 aliphatic carbocycles. The molecule has 0 bridgehead atoms. The van der Waals surface area contributed by atoms with Crippen molar-refractivity contribution >= 4 is 28.6 Å². The minimum absolute atomic E-state index is 0.387. The zero-order valence-corrected chi connectivity index (χ0v) is 11.9. The van der Waals surface area contributed by atoms with Crippen molar-refractivity contribution in [2.75, 3.05) is 0 Å². The highest BCUT2D eigenvalue weighted by atomic mass is 32.2. The van der Waals surface area contributed by atoms with E-state index in [1.165, 1.54) is 0 Å². The van der Waals surface area contributed by atoms with Gasteiger partial charge in [-0.2, -0.15) is 0 Å². The van der Waals surface area contributed by atoms with Gasteiger partial charge in [0.25, 0.3) is 0 Å². The second-order valence-corrected chi connectivity index (χ2v) is 5.94. The molecule has 0 saturated heterocycles.